The summed E-state index contributed by atoms with van der Waals surface area (Å²) < 4.78 is 0. The van der Waals surface area contributed by atoms with E-state index in [1.807, 2.05) is 6.07 Å². The van der Waals surface area contributed by atoms with Crippen LogP contribution in [-0.2, 0) is 17.6 Å². The predicted octanol–water partition coefficient (Wildman–Crippen LogP) is 1.07. The zero-order valence-corrected chi connectivity index (χ0v) is 15.0. The lowest BCUT2D eigenvalue weighted by molar-refractivity contribution is -0.124. The molecule has 0 aromatic heterocycles. The molecular weight excluding hydrogens is 409 g/mol. The first-order valence-electron chi connectivity index (χ1n) is 7.40. The molecular formula is C15H20IN5O2. The van der Waals surface area contributed by atoms with Crippen molar-refractivity contribution in [1.29, 1.82) is 0 Å². The number of carbonyl (C=O) groups excluding carboxylic acids is 2. The molecule has 0 spiro atoms. The van der Waals surface area contributed by atoms with Crippen molar-refractivity contribution in [3.05, 3.63) is 29.3 Å². The van der Waals surface area contributed by atoms with E-state index in [1.54, 1.807) is 0 Å². The molecule has 1 aromatic rings. The molecule has 0 saturated carbocycles. The van der Waals surface area contributed by atoms with Gasteiger partial charge in [-0.25, -0.2) is 4.79 Å². The van der Waals surface area contributed by atoms with Gasteiger partial charge in [0.2, 0.25) is 5.91 Å². The van der Waals surface area contributed by atoms with Crippen LogP contribution in [0.25, 0.3) is 0 Å². The van der Waals surface area contributed by atoms with Gasteiger partial charge in [-0.3, -0.25) is 14.7 Å². The first-order valence-corrected chi connectivity index (χ1v) is 7.40. The summed E-state index contributed by atoms with van der Waals surface area (Å²) in [4.78, 5) is 28.1. The van der Waals surface area contributed by atoms with Gasteiger partial charge >= 0.3 is 6.03 Å². The summed E-state index contributed by atoms with van der Waals surface area (Å²) in [5, 5.41) is 5.51. The molecule has 23 heavy (non-hydrogen) atoms. The first-order chi connectivity index (χ1) is 10.6. The highest BCUT2D eigenvalue weighted by Gasteiger charge is 2.27. The average Bonchev–Trinajstić information content (AvgIpc) is 3.07. The molecule has 0 unspecified atom stereocenters. The number of halogens is 1. The number of hydrogen-bond acceptors (Lipinski definition) is 3. The summed E-state index contributed by atoms with van der Waals surface area (Å²) in [6.45, 7) is 0.575. The second-order valence-electron chi connectivity index (χ2n) is 5.43. The van der Waals surface area contributed by atoms with E-state index in [-0.39, 0.29) is 61.5 Å². The third-order valence-corrected chi connectivity index (χ3v) is 3.91. The maximum absolute atomic E-state index is 11.4. The van der Waals surface area contributed by atoms with Crippen LogP contribution in [0, 0.1) is 0 Å². The molecule has 1 heterocycles. The van der Waals surface area contributed by atoms with Crippen LogP contribution < -0.4 is 16.4 Å². The molecule has 0 bridgehead atoms. The van der Waals surface area contributed by atoms with Crippen LogP contribution >= 0.6 is 24.0 Å². The lowest BCUT2D eigenvalue weighted by Crippen LogP contribution is -2.34. The van der Waals surface area contributed by atoms with E-state index in [0.717, 1.165) is 23.4 Å². The largest absolute Gasteiger partial charge is 0.370 e. The van der Waals surface area contributed by atoms with Crippen molar-refractivity contribution in [3.63, 3.8) is 0 Å². The minimum absolute atomic E-state index is 0. The van der Waals surface area contributed by atoms with Crippen LogP contribution in [0.1, 0.15) is 17.5 Å². The van der Waals surface area contributed by atoms with Crippen molar-refractivity contribution in [2.24, 2.45) is 10.7 Å². The Morgan fingerprint density at radius 3 is 2.83 bits per heavy atom. The molecule has 1 aliphatic heterocycles. The number of urea groups is 1. The number of nitrogens with one attached hydrogen (secondary N) is 2. The van der Waals surface area contributed by atoms with Crippen LogP contribution in [0.5, 0.6) is 0 Å². The first kappa shape index (κ1) is 17.5. The standard InChI is InChI=1S/C15H19N5O2.HI/c16-14(17-6-7-20-13(21)9-18-15(20)22)19-12-5-4-10-2-1-3-11(10)8-12;/h4-5,8H,1-3,6-7,9H2,(H,18,22)(H3,16,17,19);1H. The number of amides is 3. The molecule has 3 rings (SSSR count). The fourth-order valence-corrected chi connectivity index (χ4v) is 2.79. The van der Waals surface area contributed by atoms with E-state index in [1.165, 1.54) is 17.5 Å². The number of hydrogen-bond donors (Lipinski definition) is 3. The Morgan fingerprint density at radius 2 is 2.09 bits per heavy atom. The maximum Gasteiger partial charge on any atom is 0.324 e. The van der Waals surface area contributed by atoms with E-state index in [9.17, 15) is 9.59 Å². The van der Waals surface area contributed by atoms with Gasteiger partial charge in [0.25, 0.3) is 0 Å². The Morgan fingerprint density at radius 1 is 1.30 bits per heavy atom. The Kier molecular flexibility index (Phi) is 5.80. The number of imide groups is 1. The molecule has 0 atom stereocenters. The average molecular weight is 429 g/mol. The van der Waals surface area contributed by atoms with Crippen molar-refractivity contribution in [3.8, 4) is 0 Å². The SMILES string of the molecule is I.NC(=NCCN1C(=O)CNC1=O)Nc1ccc2c(c1)CCC2. The topological polar surface area (TPSA) is 99.8 Å². The highest BCUT2D eigenvalue weighted by molar-refractivity contribution is 14.0. The fraction of sp³-hybridized carbons (Fsp3) is 0.400. The number of nitrogens with two attached hydrogens (primary N) is 1. The summed E-state index contributed by atoms with van der Waals surface area (Å²) in [5.41, 5.74) is 9.51. The maximum atomic E-state index is 11.4. The highest BCUT2D eigenvalue weighted by Crippen LogP contribution is 2.24. The summed E-state index contributed by atoms with van der Waals surface area (Å²) in [5.74, 6) is 0.0513. The van der Waals surface area contributed by atoms with Crippen LogP contribution in [0.15, 0.2) is 23.2 Å². The lowest BCUT2D eigenvalue weighted by Gasteiger charge is -2.11. The van der Waals surface area contributed by atoms with Gasteiger partial charge in [0.05, 0.1) is 19.6 Å². The Bertz CT molecular complexity index is 631. The molecule has 4 N–H and O–H groups in total. The van der Waals surface area contributed by atoms with Crippen LogP contribution in [0.4, 0.5) is 10.5 Å². The summed E-state index contributed by atoms with van der Waals surface area (Å²) in [6.07, 6.45) is 3.45. The Hall–Kier alpha value is -1.84. The van der Waals surface area contributed by atoms with Crippen LogP contribution in [0.3, 0.4) is 0 Å². The van der Waals surface area contributed by atoms with Gasteiger partial charge in [0, 0.05) is 5.69 Å². The van der Waals surface area contributed by atoms with Gasteiger partial charge in [-0.2, -0.15) is 0 Å². The lowest BCUT2D eigenvalue weighted by atomic mass is 10.1. The summed E-state index contributed by atoms with van der Waals surface area (Å²) in [6, 6.07) is 5.84. The fourth-order valence-electron chi connectivity index (χ4n) is 2.79. The molecule has 3 amide bonds. The molecule has 2 aliphatic rings. The van der Waals surface area contributed by atoms with Crippen LogP contribution in [-0.4, -0.2) is 42.4 Å². The number of guanidine groups is 1. The number of benzene rings is 1. The van der Waals surface area contributed by atoms with Crippen molar-refractivity contribution < 1.29 is 9.59 Å². The van der Waals surface area contributed by atoms with Crippen LogP contribution in [0.2, 0.25) is 0 Å². The molecule has 1 saturated heterocycles. The normalized spacial score (nSPS) is 16.9. The van der Waals surface area contributed by atoms with Crippen molar-refractivity contribution in [2.75, 3.05) is 25.0 Å². The van der Waals surface area contributed by atoms with E-state index in [4.69, 9.17) is 5.73 Å². The second-order valence-corrected chi connectivity index (χ2v) is 5.43. The zero-order valence-electron chi connectivity index (χ0n) is 12.7. The zero-order chi connectivity index (χ0) is 15.5. The smallest absolute Gasteiger partial charge is 0.324 e. The monoisotopic (exact) mass is 429 g/mol. The number of fused-ring (bicyclic) bond motifs is 1. The minimum Gasteiger partial charge on any atom is -0.370 e. The molecule has 1 fully saturated rings. The van der Waals surface area contributed by atoms with Gasteiger partial charge in [-0.1, -0.05) is 6.07 Å². The number of aliphatic imine (C=N–C) groups is 1. The van der Waals surface area contributed by atoms with E-state index < -0.39 is 0 Å². The van der Waals surface area contributed by atoms with Gasteiger partial charge in [-0.15, -0.1) is 24.0 Å². The summed E-state index contributed by atoms with van der Waals surface area (Å²) >= 11 is 0. The molecule has 124 valence electrons. The van der Waals surface area contributed by atoms with Gasteiger partial charge in [-0.05, 0) is 42.5 Å². The third kappa shape index (κ3) is 4.12. The number of aryl methyl sites for hydroxylation is 2. The number of anilines is 1. The predicted molar refractivity (Wildman–Crippen MR) is 99.1 cm³/mol. The number of carbonyl (C=O) groups is 2. The summed E-state index contributed by atoms with van der Waals surface area (Å²) in [7, 11) is 0. The van der Waals surface area contributed by atoms with E-state index >= 15 is 0 Å². The molecule has 1 aromatic carbocycles. The van der Waals surface area contributed by atoms with E-state index in [0.29, 0.717) is 0 Å². The van der Waals surface area contributed by atoms with Gasteiger partial charge in [0.1, 0.15) is 0 Å². The molecule has 7 nitrogen and oxygen atoms in total. The quantitative estimate of drug-likeness (QED) is 0.289. The van der Waals surface area contributed by atoms with Crippen molar-refractivity contribution in [2.45, 2.75) is 19.3 Å². The molecule has 8 heteroatoms. The molecule has 0 radical (unpaired) electrons. The van der Waals surface area contributed by atoms with Crippen molar-refractivity contribution in [1.82, 2.24) is 10.2 Å². The van der Waals surface area contributed by atoms with Gasteiger partial charge in [0.15, 0.2) is 5.96 Å². The van der Waals surface area contributed by atoms with Crippen molar-refractivity contribution >= 4 is 47.6 Å². The highest BCUT2D eigenvalue weighted by atomic mass is 127. The Labute approximate surface area is 151 Å². The third-order valence-electron chi connectivity index (χ3n) is 3.91. The minimum atomic E-state index is -0.370. The Balaban J connectivity index is 0.00000192. The van der Waals surface area contributed by atoms with Gasteiger partial charge < -0.3 is 16.4 Å². The molecule has 1 aliphatic carbocycles. The number of rotatable bonds is 4. The van der Waals surface area contributed by atoms with E-state index in [2.05, 4.69) is 27.8 Å². The second kappa shape index (κ2) is 7.62. The number of nitrogens with zero attached hydrogens (tertiary/aromatic N) is 2.